The summed E-state index contributed by atoms with van der Waals surface area (Å²) in [7, 11) is 1.56. The van der Waals surface area contributed by atoms with Crippen LogP contribution < -0.4 is 15.7 Å². The van der Waals surface area contributed by atoms with Crippen LogP contribution in [0.4, 0.5) is 10.1 Å². The zero-order valence-corrected chi connectivity index (χ0v) is 15.8. The molecule has 0 saturated heterocycles. The lowest BCUT2D eigenvalue weighted by molar-refractivity contribution is -0.119. The molecule has 1 N–H and O–H groups in total. The lowest BCUT2D eigenvalue weighted by Crippen LogP contribution is -2.34. The maximum absolute atomic E-state index is 13.2. The first-order valence-electron chi connectivity index (χ1n) is 8.25. The summed E-state index contributed by atoms with van der Waals surface area (Å²) in [6.07, 6.45) is 1.40. The smallest absolute Gasteiger partial charge is 0.365 e. The van der Waals surface area contributed by atoms with E-state index in [1.165, 1.54) is 25.3 Å². The van der Waals surface area contributed by atoms with E-state index in [2.05, 4.69) is 15.4 Å². The Hall–Kier alpha value is -3.26. The normalized spacial score (nSPS) is 11.7. The molecule has 9 heteroatoms. The summed E-state index contributed by atoms with van der Waals surface area (Å²) < 4.78 is 19.3. The van der Waals surface area contributed by atoms with Crippen molar-refractivity contribution in [1.29, 1.82) is 0 Å². The van der Waals surface area contributed by atoms with Gasteiger partial charge >= 0.3 is 5.69 Å². The van der Waals surface area contributed by atoms with Crippen molar-refractivity contribution in [2.24, 2.45) is 0 Å². The molecule has 0 fully saturated rings. The van der Waals surface area contributed by atoms with Crippen LogP contribution in [0.3, 0.4) is 0 Å². The van der Waals surface area contributed by atoms with Crippen LogP contribution >= 0.6 is 11.6 Å². The molecule has 28 heavy (non-hydrogen) atoms. The second-order valence-electron chi connectivity index (χ2n) is 5.89. The first kappa shape index (κ1) is 19.5. The molecule has 1 atom stereocenters. The molecule has 1 amide bonds. The average Bonchev–Trinajstić information content (AvgIpc) is 2.70. The average molecular weight is 403 g/mol. The molecule has 3 rings (SSSR count). The van der Waals surface area contributed by atoms with Gasteiger partial charge in [0, 0.05) is 11.3 Å². The third-order valence-electron chi connectivity index (χ3n) is 4.04. The fourth-order valence-electron chi connectivity index (χ4n) is 2.45. The topological polar surface area (TPSA) is 86.1 Å². The van der Waals surface area contributed by atoms with Crippen LogP contribution in [-0.4, -0.2) is 27.8 Å². The number of nitrogens with zero attached hydrogens (tertiary/aromatic N) is 3. The second kappa shape index (κ2) is 8.18. The number of rotatable bonds is 5. The van der Waals surface area contributed by atoms with Crippen LogP contribution in [-0.2, 0) is 4.79 Å². The van der Waals surface area contributed by atoms with Crippen molar-refractivity contribution < 1.29 is 13.9 Å². The molecular formula is C19H16ClFN4O3. The molecule has 144 valence electrons. The van der Waals surface area contributed by atoms with E-state index >= 15 is 0 Å². The van der Waals surface area contributed by atoms with Gasteiger partial charge in [-0.05, 0) is 49.4 Å². The standard InChI is InChI=1S/C19H16ClFN4O3/c1-11(18(26)23-13-5-8-16(21)15(20)9-13)25-19(27)24-17(10-22-25)12-3-6-14(28-2)7-4-12/h3-11H,1-2H3,(H,23,26). The SMILES string of the molecule is COc1ccc(-c2cnn(C(C)C(=O)Nc3ccc(F)c(Cl)c3)c(=O)n2)cc1. The number of benzene rings is 2. The van der Waals surface area contributed by atoms with Crippen molar-refractivity contribution in [3.05, 3.63) is 70.0 Å². The zero-order chi connectivity index (χ0) is 20.3. The van der Waals surface area contributed by atoms with Crippen molar-refractivity contribution in [1.82, 2.24) is 14.8 Å². The summed E-state index contributed by atoms with van der Waals surface area (Å²) in [4.78, 5) is 28.7. The van der Waals surface area contributed by atoms with Gasteiger partial charge in [-0.25, -0.2) is 13.9 Å². The molecule has 0 aliphatic carbocycles. The van der Waals surface area contributed by atoms with E-state index in [0.717, 1.165) is 10.7 Å². The molecule has 3 aromatic rings. The summed E-state index contributed by atoms with van der Waals surface area (Å²) >= 11 is 5.70. The van der Waals surface area contributed by atoms with Crippen LogP contribution in [0.2, 0.25) is 5.02 Å². The van der Waals surface area contributed by atoms with Crippen LogP contribution in [0.15, 0.2) is 53.5 Å². The number of aromatic nitrogens is 3. The number of anilines is 1. The highest BCUT2D eigenvalue weighted by atomic mass is 35.5. The second-order valence-corrected chi connectivity index (χ2v) is 6.30. The number of carbonyl (C=O) groups excluding carboxylic acids is 1. The van der Waals surface area contributed by atoms with E-state index in [1.54, 1.807) is 31.4 Å². The number of hydrogen-bond donors (Lipinski definition) is 1. The van der Waals surface area contributed by atoms with Crippen molar-refractivity contribution >= 4 is 23.2 Å². The molecule has 0 saturated carbocycles. The molecule has 0 aliphatic rings. The van der Waals surface area contributed by atoms with E-state index in [1.807, 2.05) is 0 Å². The molecule has 1 heterocycles. The van der Waals surface area contributed by atoms with Gasteiger partial charge in [-0.1, -0.05) is 11.6 Å². The predicted octanol–water partition coefficient (Wildman–Crippen LogP) is 3.31. The first-order chi connectivity index (χ1) is 13.4. The number of amides is 1. The number of ether oxygens (including phenoxy) is 1. The number of nitrogens with one attached hydrogen (secondary N) is 1. The van der Waals surface area contributed by atoms with Crippen molar-refractivity contribution in [2.75, 3.05) is 12.4 Å². The Kier molecular flexibility index (Phi) is 5.70. The molecule has 0 spiro atoms. The molecule has 0 radical (unpaired) electrons. The Bertz CT molecular complexity index is 1070. The molecular weight excluding hydrogens is 387 g/mol. The third kappa shape index (κ3) is 4.17. The maximum Gasteiger partial charge on any atom is 0.365 e. The van der Waals surface area contributed by atoms with Gasteiger partial charge in [0.15, 0.2) is 0 Å². The summed E-state index contributed by atoms with van der Waals surface area (Å²) in [6.45, 7) is 1.50. The molecule has 1 aromatic heterocycles. The van der Waals surface area contributed by atoms with Crippen molar-refractivity contribution in [2.45, 2.75) is 13.0 Å². The van der Waals surface area contributed by atoms with Gasteiger partial charge in [-0.2, -0.15) is 10.1 Å². The fourth-order valence-corrected chi connectivity index (χ4v) is 2.63. The zero-order valence-electron chi connectivity index (χ0n) is 15.0. The minimum atomic E-state index is -0.936. The third-order valence-corrected chi connectivity index (χ3v) is 4.33. The van der Waals surface area contributed by atoms with Gasteiger partial charge < -0.3 is 10.1 Å². The van der Waals surface area contributed by atoms with Crippen LogP contribution in [0, 0.1) is 5.82 Å². The minimum absolute atomic E-state index is 0.119. The Balaban J connectivity index is 1.79. The van der Waals surface area contributed by atoms with Gasteiger partial charge in [0.1, 0.15) is 17.6 Å². The first-order valence-corrected chi connectivity index (χ1v) is 8.63. The summed E-state index contributed by atoms with van der Waals surface area (Å²) in [5.41, 5.74) is 0.699. The highest BCUT2D eigenvalue weighted by molar-refractivity contribution is 6.31. The summed E-state index contributed by atoms with van der Waals surface area (Å²) in [6, 6.07) is 9.84. The lowest BCUT2D eigenvalue weighted by atomic mass is 10.1. The van der Waals surface area contributed by atoms with E-state index in [0.29, 0.717) is 22.7 Å². The number of carbonyl (C=O) groups is 1. The van der Waals surface area contributed by atoms with E-state index in [4.69, 9.17) is 16.3 Å². The largest absolute Gasteiger partial charge is 0.497 e. The highest BCUT2D eigenvalue weighted by Gasteiger charge is 2.19. The Labute approximate surface area is 164 Å². The molecule has 1 unspecified atom stereocenters. The Morgan fingerprint density at radius 3 is 2.57 bits per heavy atom. The van der Waals surface area contributed by atoms with Crippen molar-refractivity contribution in [3.8, 4) is 17.0 Å². The maximum atomic E-state index is 13.2. The highest BCUT2D eigenvalue weighted by Crippen LogP contribution is 2.21. The lowest BCUT2D eigenvalue weighted by Gasteiger charge is -2.14. The van der Waals surface area contributed by atoms with E-state index < -0.39 is 23.5 Å². The fraction of sp³-hybridized carbons (Fsp3) is 0.158. The van der Waals surface area contributed by atoms with Crippen LogP contribution in [0.25, 0.3) is 11.3 Å². The van der Waals surface area contributed by atoms with Gasteiger partial charge in [0.25, 0.3) is 0 Å². The summed E-state index contributed by atoms with van der Waals surface area (Å²) in [5.74, 6) is -0.434. The van der Waals surface area contributed by atoms with Crippen molar-refractivity contribution in [3.63, 3.8) is 0 Å². The molecule has 2 aromatic carbocycles. The monoisotopic (exact) mass is 402 g/mol. The predicted molar refractivity (Wildman–Crippen MR) is 103 cm³/mol. The van der Waals surface area contributed by atoms with Crippen LogP contribution in [0.1, 0.15) is 13.0 Å². The minimum Gasteiger partial charge on any atom is -0.497 e. The van der Waals surface area contributed by atoms with Gasteiger partial charge in [0.05, 0.1) is 24.0 Å². The Morgan fingerprint density at radius 2 is 1.96 bits per heavy atom. The number of methoxy groups -OCH3 is 1. The number of halogens is 2. The molecule has 7 nitrogen and oxygen atoms in total. The van der Waals surface area contributed by atoms with E-state index in [9.17, 15) is 14.0 Å². The molecule has 0 aliphatic heterocycles. The molecule has 0 bridgehead atoms. The Morgan fingerprint density at radius 1 is 1.25 bits per heavy atom. The van der Waals surface area contributed by atoms with E-state index in [-0.39, 0.29) is 5.02 Å². The van der Waals surface area contributed by atoms with Crippen LogP contribution in [0.5, 0.6) is 5.75 Å². The summed E-state index contributed by atoms with van der Waals surface area (Å²) in [5, 5.41) is 6.50. The quantitative estimate of drug-likeness (QED) is 0.707. The van der Waals surface area contributed by atoms with Gasteiger partial charge in [-0.3, -0.25) is 4.79 Å². The van der Waals surface area contributed by atoms with Gasteiger partial charge in [0.2, 0.25) is 5.91 Å². The van der Waals surface area contributed by atoms with Gasteiger partial charge in [-0.15, -0.1) is 0 Å². The number of hydrogen-bond acceptors (Lipinski definition) is 5.